The van der Waals surface area contributed by atoms with Crippen LogP contribution in [0.25, 0.3) is 0 Å². The minimum absolute atomic E-state index is 0.0586. The van der Waals surface area contributed by atoms with Gasteiger partial charge in [-0.2, -0.15) is 13.2 Å². The van der Waals surface area contributed by atoms with Crippen molar-refractivity contribution < 1.29 is 31.8 Å². The summed E-state index contributed by atoms with van der Waals surface area (Å²) in [5.41, 5.74) is 0.761. The number of aromatic nitrogens is 1. The van der Waals surface area contributed by atoms with Crippen molar-refractivity contribution in [3.8, 4) is 5.75 Å². The van der Waals surface area contributed by atoms with E-state index in [1.54, 1.807) is 52.0 Å². The van der Waals surface area contributed by atoms with Crippen molar-refractivity contribution in [2.24, 2.45) is 5.92 Å². The number of ether oxygens (including phenoxy) is 2. The van der Waals surface area contributed by atoms with Crippen molar-refractivity contribution in [3.63, 3.8) is 0 Å². The lowest BCUT2D eigenvalue weighted by Gasteiger charge is -2.45. The number of likely N-dealkylation sites (tertiary alicyclic amines) is 1. The van der Waals surface area contributed by atoms with Crippen molar-refractivity contribution in [1.29, 1.82) is 0 Å². The summed E-state index contributed by atoms with van der Waals surface area (Å²) >= 11 is 0. The van der Waals surface area contributed by atoms with E-state index in [0.29, 0.717) is 35.6 Å². The predicted molar refractivity (Wildman–Crippen MR) is 126 cm³/mol. The number of aryl methyl sites for hydroxylation is 1. The largest absolute Gasteiger partial charge is 0.493 e. The second-order valence-corrected chi connectivity index (χ2v) is 10.4. The number of benzene rings is 1. The first kappa shape index (κ1) is 26.2. The van der Waals surface area contributed by atoms with Crippen LogP contribution in [-0.2, 0) is 4.74 Å². The Balaban J connectivity index is 1.67. The molecule has 1 aromatic carbocycles. The molecule has 3 atom stereocenters. The van der Waals surface area contributed by atoms with Crippen LogP contribution in [0.15, 0.2) is 30.3 Å². The molecule has 0 spiro atoms. The number of nitrogens with one attached hydrogen (secondary N) is 1. The smallest absolute Gasteiger partial charge is 0.413 e. The monoisotopic (exact) mass is 509 g/mol. The molecule has 0 radical (unpaired) electrons. The van der Waals surface area contributed by atoms with Crippen molar-refractivity contribution in [2.45, 2.75) is 70.8 Å². The SMILES string of the molecule is Cc1cc2c(cc1F)[C@@H](N1CC[C@@H](C(F)(F)F)C[C@H]1c1cccc(NC(=O)OC(C)(C)C)n1)CCO2. The Morgan fingerprint density at radius 3 is 2.61 bits per heavy atom. The maximum Gasteiger partial charge on any atom is 0.413 e. The highest BCUT2D eigenvalue weighted by atomic mass is 19.4. The van der Waals surface area contributed by atoms with Gasteiger partial charge in [-0.05, 0) is 70.4 Å². The summed E-state index contributed by atoms with van der Waals surface area (Å²) in [6.07, 6.45) is -4.78. The van der Waals surface area contributed by atoms with E-state index in [1.807, 2.05) is 4.90 Å². The van der Waals surface area contributed by atoms with E-state index in [-0.39, 0.29) is 37.1 Å². The first-order valence-corrected chi connectivity index (χ1v) is 12.0. The van der Waals surface area contributed by atoms with Gasteiger partial charge in [0.05, 0.1) is 24.3 Å². The Morgan fingerprint density at radius 2 is 1.92 bits per heavy atom. The number of alkyl halides is 3. The number of halogens is 4. The highest BCUT2D eigenvalue weighted by Crippen LogP contribution is 2.48. The minimum atomic E-state index is -4.34. The molecule has 6 nitrogen and oxygen atoms in total. The first-order valence-electron chi connectivity index (χ1n) is 12.0. The number of anilines is 1. The third-order valence-electron chi connectivity index (χ3n) is 6.55. The summed E-state index contributed by atoms with van der Waals surface area (Å²) in [4.78, 5) is 18.7. The van der Waals surface area contributed by atoms with Gasteiger partial charge in [0.15, 0.2) is 0 Å². The van der Waals surface area contributed by atoms with Crippen LogP contribution >= 0.6 is 0 Å². The van der Waals surface area contributed by atoms with Crippen LogP contribution in [-0.4, -0.2) is 40.9 Å². The fraction of sp³-hybridized carbons (Fsp3) is 0.538. The van der Waals surface area contributed by atoms with E-state index in [0.717, 1.165) is 0 Å². The molecule has 196 valence electrons. The van der Waals surface area contributed by atoms with Gasteiger partial charge in [-0.1, -0.05) is 6.07 Å². The molecule has 1 N–H and O–H groups in total. The van der Waals surface area contributed by atoms with Crippen LogP contribution in [0.2, 0.25) is 0 Å². The molecular formula is C26H31F4N3O3. The Labute approximate surface area is 208 Å². The molecule has 1 amide bonds. The van der Waals surface area contributed by atoms with Crippen LogP contribution in [0, 0.1) is 18.7 Å². The molecule has 2 aliphatic rings. The second kappa shape index (κ2) is 9.88. The van der Waals surface area contributed by atoms with Gasteiger partial charge in [0.1, 0.15) is 23.0 Å². The van der Waals surface area contributed by atoms with E-state index in [4.69, 9.17) is 9.47 Å². The molecule has 36 heavy (non-hydrogen) atoms. The van der Waals surface area contributed by atoms with Crippen LogP contribution in [0.1, 0.15) is 68.9 Å². The molecule has 0 aliphatic carbocycles. The van der Waals surface area contributed by atoms with E-state index < -0.39 is 29.8 Å². The number of hydrogen-bond acceptors (Lipinski definition) is 5. The zero-order valence-electron chi connectivity index (χ0n) is 20.8. The van der Waals surface area contributed by atoms with Gasteiger partial charge in [-0.25, -0.2) is 14.2 Å². The summed E-state index contributed by atoms with van der Waals surface area (Å²) in [6.45, 7) is 7.37. The fourth-order valence-corrected chi connectivity index (χ4v) is 4.90. The van der Waals surface area contributed by atoms with Crippen LogP contribution in [0.3, 0.4) is 0 Å². The van der Waals surface area contributed by atoms with Crippen LogP contribution in [0.5, 0.6) is 5.75 Å². The average Bonchev–Trinajstić information content (AvgIpc) is 2.77. The minimum Gasteiger partial charge on any atom is -0.493 e. The Bertz CT molecular complexity index is 1120. The molecule has 0 saturated carbocycles. The van der Waals surface area contributed by atoms with Gasteiger partial charge in [0, 0.05) is 24.6 Å². The molecular weight excluding hydrogens is 478 g/mol. The lowest BCUT2D eigenvalue weighted by molar-refractivity contribution is -0.192. The molecule has 4 rings (SSSR count). The molecule has 2 aromatic rings. The summed E-state index contributed by atoms with van der Waals surface area (Å²) in [6, 6.07) is 6.91. The highest BCUT2D eigenvalue weighted by molar-refractivity contribution is 5.83. The number of pyridine rings is 1. The maximum absolute atomic E-state index is 14.5. The zero-order valence-corrected chi connectivity index (χ0v) is 20.8. The molecule has 0 unspecified atom stereocenters. The molecule has 1 saturated heterocycles. The lowest BCUT2D eigenvalue weighted by Crippen LogP contribution is -2.44. The Hall–Kier alpha value is -2.88. The van der Waals surface area contributed by atoms with Gasteiger partial charge in [0.25, 0.3) is 0 Å². The van der Waals surface area contributed by atoms with Crippen LogP contribution in [0.4, 0.5) is 28.2 Å². The van der Waals surface area contributed by atoms with Crippen molar-refractivity contribution >= 4 is 11.9 Å². The molecule has 3 heterocycles. The van der Waals surface area contributed by atoms with E-state index in [1.165, 1.54) is 6.07 Å². The number of fused-ring (bicyclic) bond motifs is 1. The number of carbonyl (C=O) groups excluding carboxylic acids is 1. The second-order valence-electron chi connectivity index (χ2n) is 10.4. The zero-order chi connectivity index (χ0) is 26.3. The highest BCUT2D eigenvalue weighted by Gasteiger charge is 2.47. The third kappa shape index (κ3) is 5.91. The van der Waals surface area contributed by atoms with Gasteiger partial charge in [0.2, 0.25) is 0 Å². The fourth-order valence-electron chi connectivity index (χ4n) is 4.90. The lowest BCUT2D eigenvalue weighted by atomic mass is 9.85. The van der Waals surface area contributed by atoms with Gasteiger partial charge < -0.3 is 9.47 Å². The maximum atomic E-state index is 14.5. The van der Waals surface area contributed by atoms with Gasteiger partial charge in [-0.3, -0.25) is 10.2 Å². The van der Waals surface area contributed by atoms with Crippen LogP contribution < -0.4 is 10.1 Å². The first-order chi connectivity index (χ1) is 16.8. The van der Waals surface area contributed by atoms with E-state index in [2.05, 4.69) is 10.3 Å². The molecule has 1 fully saturated rings. The van der Waals surface area contributed by atoms with Crippen molar-refractivity contribution in [2.75, 3.05) is 18.5 Å². The number of nitrogens with zero attached hydrogens (tertiary/aromatic N) is 2. The Kier molecular flexibility index (Phi) is 7.19. The molecule has 2 aliphatic heterocycles. The van der Waals surface area contributed by atoms with Crippen molar-refractivity contribution in [3.05, 3.63) is 53.0 Å². The summed E-state index contributed by atoms with van der Waals surface area (Å²) in [7, 11) is 0. The van der Waals surface area contributed by atoms with Gasteiger partial charge in [-0.15, -0.1) is 0 Å². The summed E-state index contributed by atoms with van der Waals surface area (Å²) < 4.78 is 66.8. The third-order valence-corrected chi connectivity index (χ3v) is 6.55. The van der Waals surface area contributed by atoms with Gasteiger partial charge >= 0.3 is 12.3 Å². The number of piperidine rings is 1. The normalized spacial score (nSPS) is 22.9. The standard InChI is InChI=1S/C26H31F4N3O3/c1-15-12-22-17(14-18(15)27)20(9-11-35-22)33-10-8-16(26(28,29)30)13-21(33)19-6-5-7-23(31-19)32-24(34)36-25(2,3)4/h5-7,12,14,16,20-21H,8-11,13H2,1-4H3,(H,31,32,34)/t16-,20+,21+/m1/s1. The summed E-state index contributed by atoms with van der Waals surface area (Å²) in [5, 5.41) is 2.56. The summed E-state index contributed by atoms with van der Waals surface area (Å²) in [5.74, 6) is -1.13. The average molecular weight is 510 g/mol. The van der Waals surface area contributed by atoms with E-state index in [9.17, 15) is 22.4 Å². The number of rotatable bonds is 3. The Morgan fingerprint density at radius 1 is 1.17 bits per heavy atom. The molecule has 0 bridgehead atoms. The van der Waals surface area contributed by atoms with E-state index >= 15 is 0 Å². The van der Waals surface area contributed by atoms with Crippen molar-refractivity contribution in [1.82, 2.24) is 9.88 Å². The molecule has 1 aromatic heterocycles. The number of carbonyl (C=O) groups is 1. The number of amides is 1. The quantitative estimate of drug-likeness (QED) is 0.466. The predicted octanol–water partition coefficient (Wildman–Crippen LogP) is 6.72. The number of hydrogen-bond donors (Lipinski definition) is 1. The molecule has 10 heteroatoms. The topological polar surface area (TPSA) is 63.7 Å².